The Balaban J connectivity index is 1.92. The van der Waals surface area contributed by atoms with E-state index in [2.05, 4.69) is 28.2 Å². The van der Waals surface area contributed by atoms with E-state index in [-0.39, 0.29) is 10.6 Å². The minimum atomic E-state index is -0.366. The van der Waals surface area contributed by atoms with Gasteiger partial charge in [-0.25, -0.2) is 0 Å². The lowest BCUT2D eigenvalue weighted by molar-refractivity contribution is -0.384. The maximum atomic E-state index is 10.7. The van der Waals surface area contributed by atoms with Gasteiger partial charge in [-0.05, 0) is 36.8 Å². The van der Waals surface area contributed by atoms with Crippen molar-refractivity contribution >= 4 is 21.6 Å². The molecule has 1 aliphatic carbocycles. The molecule has 0 aliphatic heterocycles. The first-order valence-corrected chi connectivity index (χ1v) is 8.01. The maximum absolute atomic E-state index is 10.7. The number of non-ortho nitro benzene ring substituents is 1. The van der Waals surface area contributed by atoms with Gasteiger partial charge >= 0.3 is 0 Å². The molecule has 1 N–H and O–H groups in total. The van der Waals surface area contributed by atoms with Crippen LogP contribution >= 0.6 is 15.9 Å². The molecule has 2 atom stereocenters. The number of hydrogen-bond acceptors (Lipinski definition) is 3. The van der Waals surface area contributed by atoms with E-state index in [9.17, 15) is 10.1 Å². The normalized spacial score (nSPS) is 23.3. The van der Waals surface area contributed by atoms with E-state index in [0.29, 0.717) is 6.04 Å². The number of hydrogen-bond donors (Lipinski definition) is 1. The van der Waals surface area contributed by atoms with Gasteiger partial charge in [-0.3, -0.25) is 10.1 Å². The Morgan fingerprint density at radius 2 is 2.15 bits per heavy atom. The molecular formula is C15H21BrN2O2. The highest BCUT2D eigenvalue weighted by Crippen LogP contribution is 2.25. The third kappa shape index (κ3) is 4.28. The molecule has 2 unspecified atom stereocenters. The van der Waals surface area contributed by atoms with Gasteiger partial charge in [-0.2, -0.15) is 0 Å². The van der Waals surface area contributed by atoms with Crippen molar-refractivity contribution in [1.29, 1.82) is 0 Å². The van der Waals surface area contributed by atoms with Crippen LogP contribution in [0.25, 0.3) is 0 Å². The van der Waals surface area contributed by atoms with E-state index >= 15 is 0 Å². The molecule has 1 saturated carbocycles. The predicted octanol–water partition coefficient (Wildman–Crippen LogP) is 4.42. The van der Waals surface area contributed by atoms with Gasteiger partial charge in [0.15, 0.2) is 0 Å². The average molecular weight is 341 g/mol. The van der Waals surface area contributed by atoms with E-state index in [4.69, 9.17) is 0 Å². The molecule has 0 saturated heterocycles. The van der Waals surface area contributed by atoms with Crippen molar-refractivity contribution in [2.45, 2.75) is 51.6 Å². The fraction of sp³-hybridized carbons (Fsp3) is 0.600. The summed E-state index contributed by atoms with van der Waals surface area (Å²) in [6.45, 7) is 3.09. The lowest BCUT2D eigenvalue weighted by Gasteiger charge is -2.17. The van der Waals surface area contributed by atoms with Crippen LogP contribution in [-0.4, -0.2) is 11.0 Å². The van der Waals surface area contributed by atoms with Crippen LogP contribution in [0.15, 0.2) is 22.7 Å². The van der Waals surface area contributed by atoms with Crippen molar-refractivity contribution < 1.29 is 4.92 Å². The van der Waals surface area contributed by atoms with Crippen molar-refractivity contribution in [2.75, 3.05) is 0 Å². The highest BCUT2D eigenvalue weighted by molar-refractivity contribution is 9.10. The largest absolute Gasteiger partial charge is 0.310 e. The first kappa shape index (κ1) is 15.4. The number of benzene rings is 1. The molecule has 0 spiro atoms. The van der Waals surface area contributed by atoms with Gasteiger partial charge < -0.3 is 5.32 Å². The molecule has 0 radical (unpaired) electrons. The second-order valence-electron chi connectivity index (χ2n) is 5.72. The van der Waals surface area contributed by atoms with Crippen LogP contribution in [0.4, 0.5) is 5.69 Å². The van der Waals surface area contributed by atoms with E-state index in [1.54, 1.807) is 12.1 Å². The molecule has 0 heterocycles. The van der Waals surface area contributed by atoms with Crippen LogP contribution in [-0.2, 0) is 6.54 Å². The molecule has 1 fully saturated rings. The highest BCUT2D eigenvalue weighted by atomic mass is 79.9. The quantitative estimate of drug-likeness (QED) is 0.501. The van der Waals surface area contributed by atoms with Gasteiger partial charge in [-0.15, -0.1) is 0 Å². The van der Waals surface area contributed by atoms with Crippen LogP contribution in [0.5, 0.6) is 0 Å². The zero-order valence-electron chi connectivity index (χ0n) is 11.8. The summed E-state index contributed by atoms with van der Waals surface area (Å²) in [7, 11) is 0. The first-order chi connectivity index (χ1) is 9.56. The minimum Gasteiger partial charge on any atom is -0.310 e. The fourth-order valence-corrected chi connectivity index (χ4v) is 3.25. The lowest BCUT2D eigenvalue weighted by Crippen LogP contribution is -2.28. The van der Waals surface area contributed by atoms with E-state index in [0.717, 1.165) is 22.5 Å². The summed E-state index contributed by atoms with van der Waals surface area (Å²) >= 11 is 3.42. The van der Waals surface area contributed by atoms with Gasteiger partial charge in [0, 0.05) is 29.2 Å². The van der Waals surface area contributed by atoms with Crippen LogP contribution in [0.2, 0.25) is 0 Å². The first-order valence-electron chi connectivity index (χ1n) is 7.22. The van der Waals surface area contributed by atoms with Crippen LogP contribution < -0.4 is 5.32 Å². The Morgan fingerprint density at radius 1 is 1.35 bits per heavy atom. The zero-order chi connectivity index (χ0) is 14.5. The van der Waals surface area contributed by atoms with Gasteiger partial charge in [0.05, 0.1) is 4.92 Å². The SMILES string of the molecule is CC1CCCC(NCc2ccc([N+](=O)[O-])cc2Br)CC1. The van der Waals surface area contributed by atoms with Crippen molar-refractivity contribution in [1.82, 2.24) is 5.32 Å². The van der Waals surface area contributed by atoms with Crippen LogP contribution in [0.1, 0.15) is 44.6 Å². The third-order valence-corrected chi connectivity index (χ3v) is 4.82. The Bertz CT molecular complexity index is 479. The molecule has 20 heavy (non-hydrogen) atoms. The van der Waals surface area contributed by atoms with Crippen molar-refractivity contribution in [3.63, 3.8) is 0 Å². The molecule has 1 aliphatic rings. The van der Waals surface area contributed by atoms with E-state index < -0.39 is 0 Å². The van der Waals surface area contributed by atoms with Gasteiger partial charge in [0.2, 0.25) is 0 Å². The van der Waals surface area contributed by atoms with Crippen molar-refractivity contribution in [3.05, 3.63) is 38.3 Å². The molecule has 0 bridgehead atoms. The smallest absolute Gasteiger partial charge is 0.270 e. The highest BCUT2D eigenvalue weighted by Gasteiger charge is 2.16. The summed E-state index contributed by atoms with van der Waals surface area (Å²) in [4.78, 5) is 10.3. The summed E-state index contributed by atoms with van der Waals surface area (Å²) in [6, 6.07) is 5.54. The van der Waals surface area contributed by atoms with E-state index in [1.165, 1.54) is 32.1 Å². The standard InChI is InChI=1S/C15H21BrN2O2/c1-11-3-2-4-13(7-5-11)17-10-12-6-8-14(18(19)20)9-15(12)16/h6,8-9,11,13,17H,2-5,7,10H2,1H3. The second kappa shape index (κ2) is 7.18. The van der Waals surface area contributed by atoms with Crippen molar-refractivity contribution in [2.24, 2.45) is 5.92 Å². The maximum Gasteiger partial charge on any atom is 0.270 e. The number of nitro groups is 1. The minimum absolute atomic E-state index is 0.129. The number of nitrogens with one attached hydrogen (secondary N) is 1. The Labute approximate surface area is 128 Å². The summed E-state index contributed by atoms with van der Waals surface area (Å²) in [5, 5.41) is 14.3. The predicted molar refractivity (Wildman–Crippen MR) is 83.7 cm³/mol. The fourth-order valence-electron chi connectivity index (χ4n) is 2.74. The third-order valence-electron chi connectivity index (χ3n) is 4.09. The number of nitrogens with zero attached hydrogens (tertiary/aromatic N) is 1. The van der Waals surface area contributed by atoms with Crippen LogP contribution in [0, 0.1) is 16.0 Å². The zero-order valence-corrected chi connectivity index (χ0v) is 13.4. The van der Waals surface area contributed by atoms with Crippen molar-refractivity contribution in [3.8, 4) is 0 Å². The molecule has 5 heteroatoms. The van der Waals surface area contributed by atoms with E-state index in [1.807, 2.05) is 6.07 Å². The van der Waals surface area contributed by atoms with Gasteiger partial charge in [0.25, 0.3) is 5.69 Å². The summed E-state index contributed by atoms with van der Waals surface area (Å²) < 4.78 is 0.807. The molecule has 0 aromatic heterocycles. The Morgan fingerprint density at radius 3 is 2.85 bits per heavy atom. The topological polar surface area (TPSA) is 55.2 Å². The molecule has 4 nitrogen and oxygen atoms in total. The average Bonchev–Trinajstić information content (AvgIpc) is 2.62. The number of nitro benzene ring substituents is 1. The summed E-state index contributed by atoms with van der Waals surface area (Å²) in [6.07, 6.45) is 6.37. The molecule has 1 aromatic carbocycles. The molecule has 0 amide bonds. The molecule has 1 aromatic rings. The number of rotatable bonds is 4. The summed E-state index contributed by atoms with van der Waals surface area (Å²) in [5.41, 5.74) is 1.21. The Hall–Kier alpha value is -0.940. The molecule has 110 valence electrons. The number of halogens is 1. The molecular weight excluding hydrogens is 320 g/mol. The summed E-state index contributed by atoms with van der Waals surface area (Å²) in [5.74, 6) is 0.841. The Kier molecular flexibility index (Phi) is 5.54. The molecule has 2 rings (SSSR count). The second-order valence-corrected chi connectivity index (χ2v) is 6.58. The van der Waals surface area contributed by atoms with Gasteiger partial charge in [0.1, 0.15) is 0 Å². The van der Waals surface area contributed by atoms with Gasteiger partial charge in [-0.1, -0.05) is 35.7 Å². The monoisotopic (exact) mass is 340 g/mol. The van der Waals surface area contributed by atoms with Crippen LogP contribution in [0.3, 0.4) is 0 Å². The lowest BCUT2D eigenvalue weighted by atomic mass is 10.0.